The maximum atomic E-state index is 5.05. The molecular formula is C12H15N3S. The highest BCUT2D eigenvalue weighted by Crippen LogP contribution is 2.09. The minimum Gasteiger partial charge on any atom is -0.283 e. The fourth-order valence-electron chi connectivity index (χ4n) is 1.71. The SMILES string of the molecule is Cc1ccccc1CCc1nc(=S)n(C)[nH]1. The summed E-state index contributed by atoms with van der Waals surface area (Å²) in [5.41, 5.74) is 2.70. The molecule has 3 nitrogen and oxygen atoms in total. The Balaban J connectivity index is 2.08. The summed E-state index contributed by atoms with van der Waals surface area (Å²) < 4.78 is 2.38. The van der Waals surface area contributed by atoms with E-state index in [4.69, 9.17) is 12.2 Å². The molecule has 0 unspecified atom stereocenters. The van der Waals surface area contributed by atoms with Crippen molar-refractivity contribution in [1.29, 1.82) is 0 Å². The number of aryl methyl sites for hydroxylation is 4. The third kappa shape index (κ3) is 2.39. The molecule has 0 aliphatic rings. The molecular weight excluding hydrogens is 218 g/mol. The minimum atomic E-state index is 0.611. The van der Waals surface area contributed by atoms with Crippen LogP contribution in [0.4, 0.5) is 0 Å². The summed E-state index contributed by atoms with van der Waals surface area (Å²) in [6.45, 7) is 2.13. The van der Waals surface area contributed by atoms with Gasteiger partial charge in [0.05, 0.1) is 0 Å². The van der Waals surface area contributed by atoms with Gasteiger partial charge in [-0.1, -0.05) is 24.3 Å². The van der Waals surface area contributed by atoms with Crippen molar-refractivity contribution in [3.8, 4) is 0 Å². The van der Waals surface area contributed by atoms with E-state index in [0.29, 0.717) is 4.77 Å². The summed E-state index contributed by atoms with van der Waals surface area (Å²) in [5, 5.41) is 3.14. The van der Waals surface area contributed by atoms with Crippen molar-refractivity contribution in [2.75, 3.05) is 0 Å². The molecule has 0 atom stereocenters. The van der Waals surface area contributed by atoms with Gasteiger partial charge in [0, 0.05) is 13.5 Å². The van der Waals surface area contributed by atoms with Crippen LogP contribution in [0.2, 0.25) is 0 Å². The number of rotatable bonds is 3. The average Bonchev–Trinajstić information content (AvgIpc) is 2.57. The molecule has 84 valence electrons. The van der Waals surface area contributed by atoms with Crippen molar-refractivity contribution in [2.45, 2.75) is 19.8 Å². The summed E-state index contributed by atoms with van der Waals surface area (Å²) in [6.07, 6.45) is 1.89. The molecule has 0 spiro atoms. The zero-order valence-corrected chi connectivity index (χ0v) is 10.3. The fourth-order valence-corrected chi connectivity index (χ4v) is 1.87. The lowest BCUT2D eigenvalue weighted by atomic mass is 10.0. The predicted octanol–water partition coefficient (Wildman–Crippen LogP) is 2.57. The molecule has 2 rings (SSSR count). The van der Waals surface area contributed by atoms with E-state index in [1.165, 1.54) is 11.1 Å². The topological polar surface area (TPSA) is 33.6 Å². The van der Waals surface area contributed by atoms with Crippen LogP contribution < -0.4 is 0 Å². The highest BCUT2D eigenvalue weighted by molar-refractivity contribution is 7.71. The van der Waals surface area contributed by atoms with Crippen LogP contribution >= 0.6 is 12.2 Å². The molecule has 0 saturated carbocycles. The first-order valence-electron chi connectivity index (χ1n) is 5.33. The molecule has 0 radical (unpaired) electrons. The number of H-pyrrole nitrogens is 1. The van der Waals surface area contributed by atoms with E-state index in [2.05, 4.69) is 41.3 Å². The molecule has 1 N–H and O–H groups in total. The minimum absolute atomic E-state index is 0.611. The molecule has 0 aliphatic heterocycles. The van der Waals surface area contributed by atoms with E-state index in [-0.39, 0.29) is 0 Å². The zero-order chi connectivity index (χ0) is 11.5. The van der Waals surface area contributed by atoms with E-state index in [0.717, 1.165) is 18.7 Å². The molecule has 16 heavy (non-hydrogen) atoms. The number of nitrogens with zero attached hydrogens (tertiary/aromatic N) is 2. The Morgan fingerprint density at radius 3 is 2.69 bits per heavy atom. The lowest BCUT2D eigenvalue weighted by molar-refractivity contribution is 0.729. The van der Waals surface area contributed by atoms with Crippen LogP contribution in [0.1, 0.15) is 17.0 Å². The number of hydrogen-bond acceptors (Lipinski definition) is 2. The number of hydrogen-bond donors (Lipinski definition) is 1. The van der Waals surface area contributed by atoms with Crippen molar-refractivity contribution >= 4 is 12.2 Å². The molecule has 1 aromatic heterocycles. The molecule has 1 aromatic carbocycles. The average molecular weight is 233 g/mol. The predicted molar refractivity (Wildman–Crippen MR) is 67.0 cm³/mol. The Kier molecular flexibility index (Phi) is 3.19. The monoisotopic (exact) mass is 233 g/mol. The Morgan fingerprint density at radius 1 is 1.31 bits per heavy atom. The van der Waals surface area contributed by atoms with Gasteiger partial charge < -0.3 is 0 Å². The van der Waals surface area contributed by atoms with Gasteiger partial charge in [-0.15, -0.1) is 0 Å². The van der Waals surface area contributed by atoms with Gasteiger partial charge in [0.1, 0.15) is 5.82 Å². The first-order valence-corrected chi connectivity index (χ1v) is 5.74. The first kappa shape index (κ1) is 11.1. The molecule has 0 amide bonds. The molecule has 0 fully saturated rings. The maximum Gasteiger partial charge on any atom is 0.215 e. The van der Waals surface area contributed by atoms with Crippen molar-refractivity contribution in [3.05, 3.63) is 46.0 Å². The van der Waals surface area contributed by atoms with Crippen molar-refractivity contribution in [2.24, 2.45) is 7.05 Å². The Morgan fingerprint density at radius 2 is 2.06 bits per heavy atom. The number of aromatic nitrogens is 3. The fraction of sp³-hybridized carbons (Fsp3) is 0.333. The van der Waals surface area contributed by atoms with Gasteiger partial charge in [0.2, 0.25) is 4.77 Å². The maximum absolute atomic E-state index is 5.05. The van der Waals surface area contributed by atoms with Crippen LogP contribution in [-0.4, -0.2) is 14.8 Å². The van der Waals surface area contributed by atoms with Crippen LogP contribution in [0.5, 0.6) is 0 Å². The molecule has 0 bridgehead atoms. The van der Waals surface area contributed by atoms with Crippen molar-refractivity contribution in [3.63, 3.8) is 0 Å². The molecule has 4 heteroatoms. The zero-order valence-electron chi connectivity index (χ0n) is 9.53. The van der Waals surface area contributed by atoms with Crippen LogP contribution in [-0.2, 0) is 19.9 Å². The van der Waals surface area contributed by atoms with Gasteiger partial charge in [-0.3, -0.25) is 9.78 Å². The molecule has 2 aromatic rings. The summed E-state index contributed by atoms with van der Waals surface area (Å²) in [6, 6.07) is 8.43. The Labute approximate surface area is 100 Å². The van der Waals surface area contributed by atoms with Crippen molar-refractivity contribution in [1.82, 2.24) is 14.8 Å². The summed E-state index contributed by atoms with van der Waals surface area (Å²) in [7, 11) is 1.88. The highest BCUT2D eigenvalue weighted by Gasteiger charge is 2.02. The lowest BCUT2D eigenvalue weighted by Crippen LogP contribution is -1.97. The largest absolute Gasteiger partial charge is 0.283 e. The number of nitrogens with one attached hydrogen (secondary N) is 1. The lowest BCUT2D eigenvalue weighted by Gasteiger charge is -2.03. The van der Waals surface area contributed by atoms with Crippen LogP contribution in [0.3, 0.4) is 0 Å². The molecule has 1 heterocycles. The van der Waals surface area contributed by atoms with Gasteiger partial charge >= 0.3 is 0 Å². The smallest absolute Gasteiger partial charge is 0.215 e. The standard InChI is InChI=1S/C12H15N3S/c1-9-5-3-4-6-10(9)7-8-11-13-12(16)15(2)14-11/h3-6H,7-8H2,1-2H3,(H,13,14,16). The second-order valence-corrected chi connectivity index (χ2v) is 4.30. The second kappa shape index (κ2) is 4.61. The van der Waals surface area contributed by atoms with E-state index in [1.807, 2.05) is 7.05 Å². The van der Waals surface area contributed by atoms with E-state index >= 15 is 0 Å². The number of aromatic amines is 1. The second-order valence-electron chi connectivity index (χ2n) is 3.94. The third-order valence-corrected chi connectivity index (χ3v) is 3.07. The van der Waals surface area contributed by atoms with Gasteiger partial charge in [0.15, 0.2) is 0 Å². The van der Waals surface area contributed by atoms with E-state index in [1.54, 1.807) is 4.68 Å². The van der Waals surface area contributed by atoms with Gasteiger partial charge in [-0.25, -0.2) is 4.98 Å². The van der Waals surface area contributed by atoms with Crippen LogP contribution in [0.25, 0.3) is 0 Å². The summed E-state index contributed by atoms with van der Waals surface area (Å²) in [5.74, 6) is 0.954. The third-order valence-electron chi connectivity index (χ3n) is 2.71. The van der Waals surface area contributed by atoms with E-state index in [9.17, 15) is 0 Å². The summed E-state index contributed by atoms with van der Waals surface area (Å²) >= 11 is 5.05. The Bertz CT molecular complexity index is 539. The van der Waals surface area contributed by atoms with Crippen LogP contribution in [0, 0.1) is 11.7 Å². The van der Waals surface area contributed by atoms with Gasteiger partial charge in [0.25, 0.3) is 0 Å². The van der Waals surface area contributed by atoms with Gasteiger partial charge in [-0.2, -0.15) is 0 Å². The van der Waals surface area contributed by atoms with Gasteiger partial charge in [-0.05, 0) is 36.7 Å². The molecule has 0 aliphatic carbocycles. The first-order chi connectivity index (χ1) is 7.66. The Hall–Kier alpha value is -1.42. The number of benzene rings is 1. The van der Waals surface area contributed by atoms with Crippen LogP contribution in [0.15, 0.2) is 24.3 Å². The highest BCUT2D eigenvalue weighted by atomic mass is 32.1. The van der Waals surface area contributed by atoms with E-state index < -0.39 is 0 Å². The molecule has 0 saturated heterocycles. The van der Waals surface area contributed by atoms with Crippen molar-refractivity contribution < 1.29 is 0 Å². The summed E-state index contributed by atoms with van der Waals surface area (Å²) in [4.78, 5) is 4.28. The normalized spacial score (nSPS) is 10.6. The quantitative estimate of drug-likeness (QED) is 0.827.